The fraction of sp³-hybridized carbons (Fsp3) is 0.577. The highest BCUT2D eigenvalue weighted by Gasteiger charge is 2.46. The van der Waals surface area contributed by atoms with Crippen LogP contribution in [0.25, 0.3) is 0 Å². The van der Waals surface area contributed by atoms with Crippen LogP contribution in [0.5, 0.6) is 0 Å². The lowest BCUT2D eigenvalue weighted by Gasteiger charge is -2.21. The summed E-state index contributed by atoms with van der Waals surface area (Å²) in [5.74, 6) is -1.59. The number of nitrogens with two attached hydrogens (primary N) is 1. The Balaban J connectivity index is 1.89. The molecule has 1 aliphatic heterocycles. The van der Waals surface area contributed by atoms with Gasteiger partial charge in [0, 0.05) is 19.0 Å². The van der Waals surface area contributed by atoms with E-state index in [2.05, 4.69) is 77.8 Å². The maximum absolute atomic E-state index is 12.9. The summed E-state index contributed by atoms with van der Waals surface area (Å²) < 4.78 is 56.5. The van der Waals surface area contributed by atoms with E-state index < -0.39 is 89.8 Å². The van der Waals surface area contributed by atoms with Gasteiger partial charge in [0.05, 0.1) is 19.3 Å². The van der Waals surface area contributed by atoms with E-state index in [1.165, 1.54) is 44.6 Å². The van der Waals surface area contributed by atoms with E-state index in [1.54, 1.807) is 18.2 Å². The van der Waals surface area contributed by atoms with E-state index >= 15 is 0 Å². The topological polar surface area (TPSA) is 286 Å². The van der Waals surface area contributed by atoms with Crippen LogP contribution in [0.2, 0.25) is 0 Å². The first-order valence-corrected chi connectivity index (χ1v) is 28.3. The Morgan fingerprint density at radius 3 is 1.96 bits per heavy atom. The van der Waals surface area contributed by atoms with Crippen LogP contribution < -0.4 is 11.4 Å². The number of carbonyl (C=O) groups excluding carboxylic acids is 2. The van der Waals surface area contributed by atoms with Gasteiger partial charge in [0.2, 0.25) is 0 Å². The molecule has 0 saturated carbocycles. The van der Waals surface area contributed by atoms with Crippen molar-refractivity contribution in [3.05, 3.63) is 120 Å². The average molecular weight is 1070 g/mol. The zero-order valence-electron chi connectivity index (χ0n) is 42.5. The second kappa shape index (κ2) is 39.1. The fourth-order valence-electron chi connectivity index (χ4n) is 6.83. The molecule has 1 saturated heterocycles. The molecule has 410 valence electrons. The molecule has 0 spiro atoms. The van der Waals surface area contributed by atoms with Gasteiger partial charge in [0.25, 0.3) is 0 Å². The van der Waals surface area contributed by atoms with Crippen LogP contribution >= 0.6 is 15.6 Å². The highest BCUT2D eigenvalue weighted by Crippen LogP contribution is 2.60. The van der Waals surface area contributed by atoms with Gasteiger partial charge < -0.3 is 45.1 Å². The molecule has 19 nitrogen and oxygen atoms in total. The van der Waals surface area contributed by atoms with Crippen LogP contribution in [0.3, 0.4) is 0 Å². The molecule has 0 bridgehead atoms. The van der Waals surface area contributed by atoms with Gasteiger partial charge in [-0.25, -0.2) is 13.9 Å². The highest BCUT2D eigenvalue weighted by molar-refractivity contribution is 7.61. The van der Waals surface area contributed by atoms with Gasteiger partial charge in [-0.05, 0) is 83.1 Å². The normalized spacial score (nSPS) is 20.2. The molecule has 8 atom stereocenters. The van der Waals surface area contributed by atoms with Crippen molar-refractivity contribution in [3.8, 4) is 0 Å². The first kappa shape index (κ1) is 64.8. The quantitative estimate of drug-likeness (QED) is 0.0117. The predicted molar refractivity (Wildman–Crippen MR) is 281 cm³/mol. The van der Waals surface area contributed by atoms with E-state index in [1.807, 2.05) is 24.3 Å². The molecule has 21 heteroatoms. The highest BCUT2D eigenvalue weighted by atomic mass is 31.3. The molecule has 0 radical (unpaired) electrons. The van der Waals surface area contributed by atoms with Crippen molar-refractivity contribution in [2.45, 2.75) is 173 Å². The zero-order chi connectivity index (χ0) is 53.6. The number of unbranched alkanes of at least 4 members (excludes halogenated alkanes) is 7. The van der Waals surface area contributed by atoms with Crippen LogP contribution in [0.1, 0.15) is 142 Å². The Hall–Kier alpha value is -4.36. The predicted octanol–water partition coefficient (Wildman–Crippen LogP) is 9.41. The molecule has 1 aromatic heterocycles. The summed E-state index contributed by atoms with van der Waals surface area (Å²) in [6.07, 6.45) is 39.5. The van der Waals surface area contributed by atoms with Crippen molar-refractivity contribution in [2.24, 2.45) is 0 Å². The second-order valence-electron chi connectivity index (χ2n) is 17.1. The Labute approximate surface area is 431 Å². The minimum atomic E-state index is -5.49. The molecule has 3 unspecified atom stereocenters. The lowest BCUT2D eigenvalue weighted by atomic mass is 10.1. The molecular weight excluding hydrogens is 985 g/mol. The van der Waals surface area contributed by atoms with E-state index in [0.717, 1.165) is 55.7 Å². The van der Waals surface area contributed by atoms with E-state index in [-0.39, 0.29) is 31.5 Å². The maximum Gasteiger partial charge on any atom is 0.481 e. The number of anilines is 1. The fourth-order valence-corrected chi connectivity index (χ4v) is 8.94. The molecule has 2 heterocycles. The second-order valence-corrected chi connectivity index (χ2v) is 20.2. The number of hydrogen-bond acceptors (Lipinski definition) is 16. The number of aromatic nitrogens is 2. The third-order valence-corrected chi connectivity index (χ3v) is 13.4. The maximum atomic E-state index is 12.9. The van der Waals surface area contributed by atoms with Crippen LogP contribution in [0.4, 0.5) is 5.82 Å². The summed E-state index contributed by atoms with van der Waals surface area (Å²) in [6, 6.07) is 1.23. The number of nitrogens with zero attached hydrogens (tertiary/aromatic N) is 2. The summed E-state index contributed by atoms with van der Waals surface area (Å²) >= 11 is 0. The minimum Gasteiger partial charge on any atom is -0.462 e. The Morgan fingerprint density at radius 2 is 1.32 bits per heavy atom. The summed E-state index contributed by atoms with van der Waals surface area (Å²) in [6.45, 7) is 1.78. The van der Waals surface area contributed by atoms with E-state index in [9.17, 15) is 48.6 Å². The molecule has 0 aliphatic carbocycles. The molecule has 1 aliphatic rings. The lowest BCUT2D eigenvalue weighted by Crippen LogP contribution is -2.36. The number of phosphoric ester groups is 2. The van der Waals surface area contributed by atoms with Crippen molar-refractivity contribution in [2.75, 3.05) is 25.6 Å². The van der Waals surface area contributed by atoms with Gasteiger partial charge in [-0.15, -0.1) is 0 Å². The van der Waals surface area contributed by atoms with Crippen molar-refractivity contribution in [1.82, 2.24) is 9.55 Å². The number of carbonyl (C=O) groups is 2. The van der Waals surface area contributed by atoms with Gasteiger partial charge in [-0.2, -0.15) is 9.29 Å². The summed E-state index contributed by atoms with van der Waals surface area (Å²) in [4.78, 5) is 61.9. The number of rotatable bonds is 40. The molecule has 1 aromatic rings. The van der Waals surface area contributed by atoms with Crippen molar-refractivity contribution in [1.29, 1.82) is 0 Å². The Kier molecular flexibility index (Phi) is 34.7. The molecule has 2 rings (SSSR count). The van der Waals surface area contributed by atoms with Crippen molar-refractivity contribution < 1.29 is 71.4 Å². The van der Waals surface area contributed by atoms with E-state index in [0.29, 0.717) is 12.8 Å². The van der Waals surface area contributed by atoms with Gasteiger partial charge in [-0.3, -0.25) is 23.2 Å². The number of esters is 2. The largest absolute Gasteiger partial charge is 0.481 e. The molecule has 7 N–H and O–H groups in total. The number of nitrogen functional groups attached to an aromatic ring is 1. The summed E-state index contributed by atoms with van der Waals surface area (Å²) in [5, 5.41) is 31.3. The molecule has 1 fully saturated rings. The van der Waals surface area contributed by atoms with E-state index in [4.69, 9.17) is 29.0 Å². The third-order valence-electron chi connectivity index (χ3n) is 10.8. The molecular formula is C52H81N3O16P2. The van der Waals surface area contributed by atoms with Gasteiger partial charge in [-0.1, -0.05) is 143 Å². The molecule has 0 aromatic carbocycles. The smallest absolute Gasteiger partial charge is 0.462 e. The minimum absolute atomic E-state index is 0.00877. The van der Waals surface area contributed by atoms with Crippen LogP contribution in [-0.2, 0) is 46.3 Å². The Morgan fingerprint density at radius 1 is 0.740 bits per heavy atom. The summed E-state index contributed by atoms with van der Waals surface area (Å²) in [5.41, 5.74) is 4.56. The first-order valence-electron chi connectivity index (χ1n) is 25.4. The summed E-state index contributed by atoms with van der Waals surface area (Å²) in [7, 11) is -11.0. The van der Waals surface area contributed by atoms with Gasteiger partial charge in [0.1, 0.15) is 30.7 Å². The van der Waals surface area contributed by atoms with Crippen LogP contribution in [0, 0.1) is 0 Å². The number of aliphatic hydroxyl groups is 3. The number of phosphoric acid groups is 2. The van der Waals surface area contributed by atoms with Crippen LogP contribution in [-0.4, -0.2) is 96.9 Å². The van der Waals surface area contributed by atoms with Crippen LogP contribution in [0.15, 0.2) is 114 Å². The first-order chi connectivity index (χ1) is 35.1. The average Bonchev–Trinajstić information content (AvgIpc) is 3.62. The van der Waals surface area contributed by atoms with Gasteiger partial charge >= 0.3 is 33.3 Å². The Bertz CT molecular complexity index is 2120. The number of aliphatic hydroxyl groups excluding tert-OH is 3. The van der Waals surface area contributed by atoms with Crippen molar-refractivity contribution in [3.63, 3.8) is 0 Å². The van der Waals surface area contributed by atoms with Gasteiger partial charge in [0.15, 0.2) is 12.3 Å². The number of hydrogen-bond donors (Lipinski definition) is 6. The SMILES string of the molecule is CC/C=C\C/C=C\C/C=C\C/C=C\C=C\C(O)CCCC(=O)O[C@H](COC(=O)CCC/C=C\C/C=C\C/C=C\CCCCCCCC)COP(=O)(O)OP(=O)(O)OC[C@H]1O[C@@H](n2ccc(N)nc2=O)[C@H](O)[C@@H]1O. The standard InChI is InChI=1S/C52H81N3O16P2/c1-3-5-7-9-11-13-15-17-18-19-20-22-24-26-28-30-32-36-47(57)66-40-44(69-48(58)37-33-35-43(56)34-31-29-27-25-23-21-16-14-12-10-8-6-4-2)41-67-72(62,63)71-73(64,65)68-42-45-49(59)50(60)51(70-45)55-39-38-46(53)54-52(55)61/h6,8,12,14,17-18,20-23,26-29,31,34,38-39,43-45,49-51,56,59-60H,3-5,7,9-11,13,15-16,19,24-25,30,32-33,35-37,40-42H2,1-2H3,(H,62,63)(H,64,65)(H2,53,54,61)/b8-6-,14-12-,18-17-,22-20-,23-21-,28-26-,29-27-,34-31+/t43?,44-,45-,49-,50-,51-/m1/s1. The molecule has 0 amide bonds. The van der Waals surface area contributed by atoms with Crippen molar-refractivity contribution >= 4 is 33.4 Å². The number of allylic oxidation sites excluding steroid dienone is 15. The third kappa shape index (κ3) is 31.9. The monoisotopic (exact) mass is 1070 g/mol. The number of ether oxygens (including phenoxy) is 3. The lowest BCUT2D eigenvalue weighted by molar-refractivity contribution is -0.161. The molecule has 73 heavy (non-hydrogen) atoms. The zero-order valence-corrected chi connectivity index (χ0v) is 44.3.